The molecule has 2 heteroatoms. The lowest BCUT2D eigenvalue weighted by Gasteiger charge is -2.17. The average Bonchev–Trinajstić information content (AvgIpc) is 2.77. The third kappa shape index (κ3) is 3.88. The van der Waals surface area contributed by atoms with Crippen molar-refractivity contribution in [2.45, 2.75) is 53.9 Å². The van der Waals surface area contributed by atoms with E-state index in [-0.39, 0.29) is 5.41 Å². The maximum atomic E-state index is 4.08. The SMILES string of the molecule is CC.CC.CC(C)(C)c1c[nH]c2cnccc12. The van der Waals surface area contributed by atoms with Gasteiger partial charge in [0.2, 0.25) is 0 Å². The second-order valence-electron chi connectivity index (χ2n) is 4.37. The van der Waals surface area contributed by atoms with E-state index in [1.54, 1.807) is 0 Å². The van der Waals surface area contributed by atoms with Crippen LogP contribution < -0.4 is 0 Å². The Kier molecular flexibility index (Phi) is 6.55. The summed E-state index contributed by atoms with van der Waals surface area (Å²) >= 11 is 0. The first-order valence-electron chi connectivity index (χ1n) is 6.50. The van der Waals surface area contributed by atoms with E-state index in [1.165, 1.54) is 10.9 Å². The normalized spacial score (nSPS) is 10.1. The molecule has 0 amide bonds. The van der Waals surface area contributed by atoms with Crippen LogP contribution in [0.4, 0.5) is 0 Å². The quantitative estimate of drug-likeness (QED) is 0.689. The highest BCUT2D eigenvalue weighted by Gasteiger charge is 2.17. The minimum Gasteiger partial charge on any atom is -0.360 e. The van der Waals surface area contributed by atoms with Gasteiger partial charge in [-0.2, -0.15) is 0 Å². The fraction of sp³-hybridized carbons (Fsp3) is 0.533. The molecule has 2 aromatic heterocycles. The Morgan fingerprint density at radius 3 is 2.18 bits per heavy atom. The van der Waals surface area contributed by atoms with Gasteiger partial charge in [-0.25, -0.2) is 0 Å². The Morgan fingerprint density at radius 1 is 1.06 bits per heavy atom. The van der Waals surface area contributed by atoms with Crippen molar-refractivity contribution in [2.75, 3.05) is 0 Å². The van der Waals surface area contributed by atoms with E-state index in [1.807, 2.05) is 40.1 Å². The minimum absolute atomic E-state index is 0.194. The number of nitrogens with one attached hydrogen (secondary N) is 1. The lowest BCUT2D eigenvalue weighted by atomic mass is 9.87. The molecule has 1 N–H and O–H groups in total. The van der Waals surface area contributed by atoms with Crippen LogP contribution in [0, 0.1) is 0 Å². The van der Waals surface area contributed by atoms with Crippen molar-refractivity contribution in [3.05, 3.63) is 30.2 Å². The fourth-order valence-electron chi connectivity index (χ4n) is 1.59. The summed E-state index contributed by atoms with van der Waals surface area (Å²) in [5.74, 6) is 0. The first kappa shape index (κ1) is 15.7. The smallest absolute Gasteiger partial charge is 0.0643 e. The van der Waals surface area contributed by atoms with Gasteiger partial charge in [0, 0.05) is 17.8 Å². The summed E-state index contributed by atoms with van der Waals surface area (Å²) < 4.78 is 0. The fourth-order valence-corrected chi connectivity index (χ4v) is 1.59. The highest BCUT2D eigenvalue weighted by atomic mass is 14.7. The molecule has 0 atom stereocenters. The van der Waals surface area contributed by atoms with E-state index in [9.17, 15) is 0 Å². The molecule has 96 valence electrons. The predicted molar refractivity (Wildman–Crippen MR) is 77.5 cm³/mol. The maximum absolute atomic E-state index is 4.08. The molecule has 0 radical (unpaired) electrons. The summed E-state index contributed by atoms with van der Waals surface area (Å²) in [6.45, 7) is 14.7. The second-order valence-corrected chi connectivity index (χ2v) is 4.37. The molecule has 0 saturated heterocycles. The number of pyridine rings is 1. The van der Waals surface area contributed by atoms with Gasteiger partial charge in [0.25, 0.3) is 0 Å². The number of hydrogen-bond acceptors (Lipinski definition) is 1. The van der Waals surface area contributed by atoms with E-state index in [0.29, 0.717) is 0 Å². The molecule has 0 fully saturated rings. The molecular formula is C15H26N2. The van der Waals surface area contributed by atoms with E-state index in [4.69, 9.17) is 0 Å². The summed E-state index contributed by atoms with van der Waals surface area (Å²) in [6, 6.07) is 2.06. The number of aromatic amines is 1. The second kappa shape index (κ2) is 7.10. The zero-order chi connectivity index (χ0) is 13.5. The molecule has 0 spiro atoms. The summed E-state index contributed by atoms with van der Waals surface area (Å²) in [5.41, 5.74) is 2.66. The van der Waals surface area contributed by atoms with Crippen LogP contribution in [0.15, 0.2) is 24.7 Å². The number of fused-ring (bicyclic) bond motifs is 1. The Labute approximate surface area is 105 Å². The Bertz CT molecular complexity index is 422. The summed E-state index contributed by atoms with van der Waals surface area (Å²) in [5, 5.41) is 1.28. The lowest BCUT2D eigenvalue weighted by Crippen LogP contribution is -2.09. The first-order valence-corrected chi connectivity index (χ1v) is 6.50. The number of nitrogens with zero attached hydrogens (tertiary/aromatic N) is 1. The van der Waals surface area contributed by atoms with Crippen LogP contribution in [0.2, 0.25) is 0 Å². The third-order valence-corrected chi connectivity index (χ3v) is 2.29. The van der Waals surface area contributed by atoms with Crippen LogP contribution in [0.1, 0.15) is 54.0 Å². The van der Waals surface area contributed by atoms with Crippen LogP contribution >= 0.6 is 0 Å². The molecule has 2 aromatic rings. The molecule has 0 bridgehead atoms. The van der Waals surface area contributed by atoms with Crippen LogP contribution in [0.5, 0.6) is 0 Å². The molecule has 0 saturated carbocycles. The lowest BCUT2D eigenvalue weighted by molar-refractivity contribution is 0.596. The van der Waals surface area contributed by atoms with E-state index in [2.05, 4.69) is 43.0 Å². The van der Waals surface area contributed by atoms with Gasteiger partial charge in [0.05, 0.1) is 11.7 Å². The third-order valence-electron chi connectivity index (χ3n) is 2.29. The van der Waals surface area contributed by atoms with Crippen molar-refractivity contribution in [3.63, 3.8) is 0 Å². The molecule has 2 heterocycles. The van der Waals surface area contributed by atoms with Gasteiger partial charge in [-0.1, -0.05) is 48.5 Å². The van der Waals surface area contributed by atoms with Crippen LogP contribution in [-0.2, 0) is 5.41 Å². The molecule has 0 aromatic carbocycles. The van der Waals surface area contributed by atoms with Crippen LogP contribution in [0.25, 0.3) is 10.9 Å². The van der Waals surface area contributed by atoms with E-state index in [0.717, 1.165) is 5.52 Å². The highest BCUT2D eigenvalue weighted by molar-refractivity contribution is 5.83. The highest BCUT2D eigenvalue weighted by Crippen LogP contribution is 2.28. The van der Waals surface area contributed by atoms with Gasteiger partial charge in [0.15, 0.2) is 0 Å². The minimum atomic E-state index is 0.194. The van der Waals surface area contributed by atoms with Crippen molar-refractivity contribution < 1.29 is 0 Å². The molecule has 2 rings (SSSR count). The average molecular weight is 234 g/mol. The first-order chi connectivity index (χ1) is 8.09. The van der Waals surface area contributed by atoms with Crippen LogP contribution in [-0.4, -0.2) is 9.97 Å². The Hall–Kier alpha value is -1.31. The van der Waals surface area contributed by atoms with Crippen molar-refractivity contribution in [2.24, 2.45) is 0 Å². The monoisotopic (exact) mass is 234 g/mol. The molecule has 0 aliphatic rings. The predicted octanol–water partition coefficient (Wildman–Crippen LogP) is 4.91. The molecule has 0 aliphatic carbocycles. The van der Waals surface area contributed by atoms with Gasteiger partial charge < -0.3 is 4.98 Å². The molecule has 0 unspecified atom stereocenters. The van der Waals surface area contributed by atoms with Crippen LogP contribution in [0.3, 0.4) is 0 Å². The zero-order valence-corrected chi connectivity index (χ0v) is 12.3. The Morgan fingerprint density at radius 2 is 1.65 bits per heavy atom. The van der Waals surface area contributed by atoms with Gasteiger partial charge in [0.1, 0.15) is 0 Å². The topological polar surface area (TPSA) is 28.7 Å². The van der Waals surface area contributed by atoms with E-state index < -0.39 is 0 Å². The van der Waals surface area contributed by atoms with Gasteiger partial charge in [-0.3, -0.25) is 4.98 Å². The largest absolute Gasteiger partial charge is 0.360 e. The van der Waals surface area contributed by atoms with E-state index >= 15 is 0 Å². The molecule has 2 nitrogen and oxygen atoms in total. The van der Waals surface area contributed by atoms with Gasteiger partial charge >= 0.3 is 0 Å². The van der Waals surface area contributed by atoms with Gasteiger partial charge in [-0.05, 0) is 17.0 Å². The van der Waals surface area contributed by atoms with Crippen molar-refractivity contribution >= 4 is 10.9 Å². The number of aromatic nitrogens is 2. The Balaban J connectivity index is 0.000000581. The van der Waals surface area contributed by atoms with Crippen molar-refractivity contribution in [1.82, 2.24) is 9.97 Å². The maximum Gasteiger partial charge on any atom is 0.0643 e. The standard InChI is InChI=1S/C11H14N2.2C2H6/c1-11(2,3)9-6-13-10-7-12-5-4-8(9)10;2*1-2/h4-7,13H,1-3H3;2*1-2H3. The number of H-pyrrole nitrogens is 1. The summed E-state index contributed by atoms with van der Waals surface area (Å²) in [4.78, 5) is 7.31. The molecule has 0 aliphatic heterocycles. The molecule has 17 heavy (non-hydrogen) atoms. The van der Waals surface area contributed by atoms with Crippen molar-refractivity contribution in [3.8, 4) is 0 Å². The summed E-state index contributed by atoms with van der Waals surface area (Å²) in [7, 11) is 0. The van der Waals surface area contributed by atoms with Crippen molar-refractivity contribution in [1.29, 1.82) is 0 Å². The zero-order valence-electron chi connectivity index (χ0n) is 12.3. The number of rotatable bonds is 0. The number of hydrogen-bond donors (Lipinski definition) is 1. The van der Waals surface area contributed by atoms with Gasteiger partial charge in [-0.15, -0.1) is 0 Å². The summed E-state index contributed by atoms with van der Waals surface area (Å²) in [6.07, 6.45) is 5.78. The molecular weight excluding hydrogens is 208 g/mol.